The van der Waals surface area contributed by atoms with E-state index in [2.05, 4.69) is 31.1 Å². The average molecular weight is 356 g/mol. The van der Waals surface area contributed by atoms with Gasteiger partial charge in [0, 0.05) is 24.5 Å². The number of carbonyl (C=O) groups excluding carboxylic acids is 3. The second-order valence-corrected chi connectivity index (χ2v) is 7.09. The van der Waals surface area contributed by atoms with Gasteiger partial charge in [-0.25, -0.2) is 4.79 Å². The van der Waals surface area contributed by atoms with Crippen molar-refractivity contribution in [3.63, 3.8) is 0 Å². The van der Waals surface area contributed by atoms with Crippen LogP contribution in [0.1, 0.15) is 44.1 Å². The van der Waals surface area contributed by atoms with E-state index in [1.807, 2.05) is 18.2 Å². The summed E-state index contributed by atoms with van der Waals surface area (Å²) in [5.41, 5.74) is 2.21. The Balaban J connectivity index is 1.67. The number of allylic oxidation sites excluding steroid dienone is 1. The number of benzene rings is 1. The van der Waals surface area contributed by atoms with Gasteiger partial charge in [-0.1, -0.05) is 35.9 Å². The molecule has 1 heterocycles. The van der Waals surface area contributed by atoms with Crippen molar-refractivity contribution in [2.24, 2.45) is 0 Å². The summed E-state index contributed by atoms with van der Waals surface area (Å²) in [4.78, 5) is 42.3. The number of nitrogens with zero attached hydrogens (tertiary/aromatic N) is 2. The molecule has 26 heavy (non-hydrogen) atoms. The van der Waals surface area contributed by atoms with Crippen molar-refractivity contribution in [3.8, 4) is 0 Å². The van der Waals surface area contributed by atoms with Crippen molar-refractivity contribution < 1.29 is 19.2 Å². The van der Waals surface area contributed by atoms with Gasteiger partial charge >= 0.3 is 5.97 Å². The SMILES string of the molecule is CN(C)C1(c2ccccc2)CCC(=CC(=O)ON2C(=O)CCC2=O)CC1. The number of carbonyl (C=O) groups is 3. The van der Waals surface area contributed by atoms with Gasteiger partial charge in [0.15, 0.2) is 0 Å². The zero-order valence-electron chi connectivity index (χ0n) is 15.2. The summed E-state index contributed by atoms with van der Waals surface area (Å²) in [7, 11) is 4.17. The summed E-state index contributed by atoms with van der Waals surface area (Å²) in [6, 6.07) is 10.4. The van der Waals surface area contributed by atoms with Crippen LogP contribution in [0, 0.1) is 0 Å². The third kappa shape index (κ3) is 3.55. The fourth-order valence-electron chi connectivity index (χ4n) is 3.81. The molecule has 1 aliphatic heterocycles. The molecule has 0 radical (unpaired) electrons. The summed E-state index contributed by atoms with van der Waals surface area (Å²) < 4.78 is 0. The van der Waals surface area contributed by atoms with Gasteiger partial charge in [-0.3, -0.25) is 14.5 Å². The average Bonchev–Trinajstić information content (AvgIpc) is 2.95. The molecule has 1 aromatic rings. The standard InChI is InChI=1S/C20H24N2O4/c1-21(2)20(16-6-4-3-5-7-16)12-10-15(11-13-20)14-19(25)26-22-17(23)8-9-18(22)24/h3-7,14H,8-13H2,1-2H3. The lowest BCUT2D eigenvalue weighted by molar-refractivity contribution is -0.193. The van der Waals surface area contributed by atoms with Crippen LogP contribution in [0.4, 0.5) is 0 Å². The first kappa shape index (κ1) is 18.3. The van der Waals surface area contributed by atoms with Crippen molar-refractivity contribution in [2.45, 2.75) is 44.1 Å². The van der Waals surface area contributed by atoms with Gasteiger partial charge in [0.05, 0.1) is 0 Å². The highest BCUT2D eigenvalue weighted by molar-refractivity contribution is 6.02. The van der Waals surface area contributed by atoms with E-state index >= 15 is 0 Å². The lowest BCUT2D eigenvalue weighted by Crippen LogP contribution is -2.43. The molecule has 6 heteroatoms. The predicted molar refractivity (Wildman–Crippen MR) is 95.5 cm³/mol. The molecule has 2 fully saturated rings. The maximum atomic E-state index is 12.1. The van der Waals surface area contributed by atoms with Gasteiger partial charge in [-0.2, -0.15) is 0 Å². The van der Waals surface area contributed by atoms with E-state index in [4.69, 9.17) is 4.84 Å². The van der Waals surface area contributed by atoms with Crippen LogP contribution in [-0.2, 0) is 24.8 Å². The summed E-state index contributed by atoms with van der Waals surface area (Å²) in [6.45, 7) is 0. The molecule has 1 aromatic carbocycles. The Morgan fingerprint density at radius 1 is 1.04 bits per heavy atom. The fraction of sp³-hybridized carbons (Fsp3) is 0.450. The molecule has 3 rings (SSSR count). The van der Waals surface area contributed by atoms with E-state index in [9.17, 15) is 14.4 Å². The van der Waals surface area contributed by atoms with E-state index in [1.54, 1.807) is 0 Å². The molecule has 2 amide bonds. The van der Waals surface area contributed by atoms with Crippen molar-refractivity contribution >= 4 is 17.8 Å². The van der Waals surface area contributed by atoms with Crippen LogP contribution in [0.25, 0.3) is 0 Å². The second kappa shape index (κ2) is 7.41. The third-order valence-corrected chi connectivity index (χ3v) is 5.40. The summed E-state index contributed by atoms with van der Waals surface area (Å²) in [6.07, 6.45) is 4.96. The first-order chi connectivity index (χ1) is 12.4. The highest BCUT2D eigenvalue weighted by atomic mass is 16.7. The van der Waals surface area contributed by atoms with Crippen LogP contribution < -0.4 is 0 Å². The van der Waals surface area contributed by atoms with Gasteiger partial charge in [-0.15, -0.1) is 5.06 Å². The van der Waals surface area contributed by atoms with E-state index in [0.29, 0.717) is 5.06 Å². The first-order valence-corrected chi connectivity index (χ1v) is 8.92. The van der Waals surface area contributed by atoms with E-state index in [1.165, 1.54) is 11.6 Å². The minimum atomic E-state index is -0.652. The second-order valence-electron chi connectivity index (χ2n) is 7.09. The van der Waals surface area contributed by atoms with Gasteiger partial charge in [-0.05, 0) is 45.3 Å². The molecule has 2 aliphatic rings. The quantitative estimate of drug-likeness (QED) is 0.613. The summed E-state index contributed by atoms with van der Waals surface area (Å²) in [5, 5.41) is 0.594. The summed E-state index contributed by atoms with van der Waals surface area (Å²) in [5.74, 6) is -1.57. The minimum absolute atomic E-state index is 0.0522. The normalized spacial score (nSPS) is 23.5. The zero-order valence-corrected chi connectivity index (χ0v) is 15.2. The Kier molecular flexibility index (Phi) is 5.23. The smallest absolute Gasteiger partial charge is 0.326 e. The molecule has 0 unspecified atom stereocenters. The monoisotopic (exact) mass is 356 g/mol. The molecule has 0 aromatic heterocycles. The fourth-order valence-corrected chi connectivity index (χ4v) is 3.81. The molecule has 0 bridgehead atoms. The zero-order chi connectivity index (χ0) is 18.7. The number of rotatable bonds is 4. The van der Waals surface area contributed by atoms with Gasteiger partial charge in [0.1, 0.15) is 0 Å². The van der Waals surface area contributed by atoms with Crippen LogP contribution in [0.3, 0.4) is 0 Å². The third-order valence-electron chi connectivity index (χ3n) is 5.40. The van der Waals surface area contributed by atoms with Crippen LogP contribution in [-0.4, -0.2) is 41.8 Å². The van der Waals surface area contributed by atoms with Gasteiger partial charge in [0.25, 0.3) is 11.8 Å². The first-order valence-electron chi connectivity index (χ1n) is 8.92. The molecule has 0 atom stereocenters. The van der Waals surface area contributed by atoms with Crippen LogP contribution in [0.15, 0.2) is 42.0 Å². The lowest BCUT2D eigenvalue weighted by atomic mass is 9.74. The maximum absolute atomic E-state index is 12.1. The Morgan fingerprint density at radius 2 is 1.62 bits per heavy atom. The lowest BCUT2D eigenvalue weighted by Gasteiger charge is -2.44. The van der Waals surface area contributed by atoms with E-state index in [-0.39, 0.29) is 18.4 Å². The molecular formula is C20H24N2O4. The van der Waals surface area contributed by atoms with E-state index in [0.717, 1.165) is 31.3 Å². The van der Waals surface area contributed by atoms with Crippen LogP contribution in [0.2, 0.25) is 0 Å². The number of imide groups is 1. The molecule has 1 saturated carbocycles. The van der Waals surface area contributed by atoms with E-state index < -0.39 is 17.8 Å². The molecular weight excluding hydrogens is 332 g/mol. The maximum Gasteiger partial charge on any atom is 0.356 e. The Bertz CT molecular complexity index is 713. The topological polar surface area (TPSA) is 66.9 Å². The van der Waals surface area contributed by atoms with Crippen LogP contribution in [0.5, 0.6) is 0 Å². The van der Waals surface area contributed by atoms with Crippen molar-refractivity contribution in [1.82, 2.24) is 9.96 Å². The number of hydrogen-bond acceptors (Lipinski definition) is 5. The Morgan fingerprint density at radius 3 is 2.15 bits per heavy atom. The number of hydrogen-bond donors (Lipinski definition) is 0. The molecule has 1 aliphatic carbocycles. The predicted octanol–water partition coefficient (Wildman–Crippen LogP) is 2.55. The number of amides is 2. The molecule has 138 valence electrons. The van der Waals surface area contributed by atoms with Crippen LogP contribution >= 0.6 is 0 Å². The van der Waals surface area contributed by atoms with Gasteiger partial charge in [0.2, 0.25) is 0 Å². The molecule has 0 spiro atoms. The summed E-state index contributed by atoms with van der Waals surface area (Å²) >= 11 is 0. The van der Waals surface area contributed by atoms with Crippen molar-refractivity contribution in [1.29, 1.82) is 0 Å². The van der Waals surface area contributed by atoms with Crippen molar-refractivity contribution in [3.05, 3.63) is 47.5 Å². The Labute approximate surface area is 153 Å². The van der Waals surface area contributed by atoms with Crippen molar-refractivity contribution in [2.75, 3.05) is 14.1 Å². The molecule has 1 saturated heterocycles. The molecule has 6 nitrogen and oxygen atoms in total. The largest absolute Gasteiger partial charge is 0.356 e. The molecule has 0 N–H and O–H groups in total. The highest BCUT2D eigenvalue weighted by Gasteiger charge is 2.37. The highest BCUT2D eigenvalue weighted by Crippen LogP contribution is 2.42. The minimum Gasteiger partial charge on any atom is -0.326 e. The van der Waals surface area contributed by atoms with Gasteiger partial charge < -0.3 is 4.84 Å². The number of hydroxylamine groups is 2. The Hall–Kier alpha value is -2.47.